The molecular formula is C23H29NO2. The lowest BCUT2D eigenvalue weighted by Gasteiger charge is -2.23. The molecule has 138 valence electrons. The third-order valence-electron chi connectivity index (χ3n) is 3.77. The highest BCUT2D eigenvalue weighted by molar-refractivity contribution is 5.85. The summed E-state index contributed by atoms with van der Waals surface area (Å²) in [6.07, 6.45) is 2.45. The predicted octanol–water partition coefficient (Wildman–Crippen LogP) is 5.53. The first-order valence-electron chi connectivity index (χ1n) is 9.16. The predicted molar refractivity (Wildman–Crippen MR) is 109 cm³/mol. The van der Waals surface area contributed by atoms with E-state index in [0.29, 0.717) is 12.3 Å². The van der Waals surface area contributed by atoms with Gasteiger partial charge in [-0.15, -0.1) is 0 Å². The van der Waals surface area contributed by atoms with Crippen molar-refractivity contribution >= 4 is 12.2 Å². The van der Waals surface area contributed by atoms with Gasteiger partial charge in [0.05, 0.1) is 0 Å². The van der Waals surface area contributed by atoms with Crippen LogP contribution in [0.5, 0.6) is 0 Å². The Hall–Kier alpha value is -2.42. The molecule has 0 saturated heterocycles. The van der Waals surface area contributed by atoms with Crippen molar-refractivity contribution in [3.05, 3.63) is 60.2 Å². The van der Waals surface area contributed by atoms with Crippen molar-refractivity contribution in [3.63, 3.8) is 0 Å². The van der Waals surface area contributed by atoms with E-state index in [1.165, 1.54) is 0 Å². The normalized spacial score (nSPS) is 13.2. The molecule has 0 aliphatic rings. The second-order valence-electron chi connectivity index (χ2n) is 7.95. The monoisotopic (exact) mass is 351 g/mol. The molecule has 0 fully saturated rings. The van der Waals surface area contributed by atoms with E-state index < -0.39 is 11.6 Å². The zero-order chi connectivity index (χ0) is 19.2. The minimum atomic E-state index is -0.505. The highest BCUT2D eigenvalue weighted by Crippen LogP contribution is 2.20. The molecule has 0 saturated carbocycles. The number of aliphatic imine (C=N–C) groups is 1. The third-order valence-corrected chi connectivity index (χ3v) is 3.77. The van der Waals surface area contributed by atoms with Crippen molar-refractivity contribution < 1.29 is 9.53 Å². The van der Waals surface area contributed by atoms with Crippen molar-refractivity contribution in [2.24, 2.45) is 10.9 Å². The summed E-state index contributed by atoms with van der Waals surface area (Å²) < 4.78 is 5.53. The molecule has 3 heteroatoms. The van der Waals surface area contributed by atoms with Crippen molar-refractivity contribution in [2.75, 3.05) is 0 Å². The fourth-order valence-electron chi connectivity index (χ4n) is 2.64. The Morgan fingerprint density at radius 2 is 1.69 bits per heavy atom. The molecule has 0 heterocycles. The van der Waals surface area contributed by atoms with E-state index in [1.807, 2.05) is 51.1 Å². The largest absolute Gasteiger partial charge is 0.458 e. The third kappa shape index (κ3) is 6.47. The summed E-state index contributed by atoms with van der Waals surface area (Å²) in [5, 5.41) is 0. The van der Waals surface area contributed by atoms with E-state index in [1.54, 1.807) is 6.21 Å². The highest BCUT2D eigenvalue weighted by atomic mass is 16.6. The van der Waals surface area contributed by atoms with Crippen molar-refractivity contribution in [3.8, 4) is 11.1 Å². The summed E-state index contributed by atoms with van der Waals surface area (Å²) >= 11 is 0. The van der Waals surface area contributed by atoms with Crippen LogP contribution in [0.2, 0.25) is 0 Å². The molecular weight excluding hydrogens is 322 g/mol. The first-order chi connectivity index (χ1) is 12.2. The highest BCUT2D eigenvalue weighted by Gasteiger charge is 2.25. The van der Waals surface area contributed by atoms with Crippen LogP contribution in [0.25, 0.3) is 11.1 Å². The number of benzene rings is 2. The molecule has 0 aromatic heterocycles. The van der Waals surface area contributed by atoms with Crippen LogP contribution in [-0.4, -0.2) is 23.8 Å². The SMILES string of the molecule is CC(C)CC(N=Cc1cccc(-c2ccccc2)c1)C(=O)OC(C)(C)C. The van der Waals surface area contributed by atoms with E-state index in [-0.39, 0.29) is 5.97 Å². The van der Waals surface area contributed by atoms with Crippen LogP contribution in [0.1, 0.15) is 46.6 Å². The van der Waals surface area contributed by atoms with Gasteiger partial charge in [0.25, 0.3) is 0 Å². The molecule has 0 radical (unpaired) electrons. The molecule has 2 rings (SSSR count). The first-order valence-corrected chi connectivity index (χ1v) is 9.16. The lowest BCUT2D eigenvalue weighted by atomic mass is 10.0. The Labute approximate surface area is 157 Å². The van der Waals surface area contributed by atoms with Gasteiger partial charge in [-0.1, -0.05) is 62.4 Å². The van der Waals surface area contributed by atoms with Gasteiger partial charge in [-0.2, -0.15) is 0 Å². The number of rotatable bonds is 6. The number of nitrogens with zero attached hydrogens (tertiary/aromatic N) is 1. The van der Waals surface area contributed by atoms with Gasteiger partial charge in [0, 0.05) is 6.21 Å². The Kier molecular flexibility index (Phi) is 6.73. The molecule has 0 spiro atoms. The molecule has 3 nitrogen and oxygen atoms in total. The summed E-state index contributed by atoms with van der Waals surface area (Å²) in [4.78, 5) is 17.0. The van der Waals surface area contributed by atoms with Crippen LogP contribution in [-0.2, 0) is 9.53 Å². The molecule has 2 aromatic carbocycles. The molecule has 26 heavy (non-hydrogen) atoms. The minimum absolute atomic E-state index is 0.262. The second-order valence-corrected chi connectivity index (χ2v) is 7.95. The van der Waals surface area contributed by atoms with Crippen molar-refractivity contribution in [1.29, 1.82) is 0 Å². The van der Waals surface area contributed by atoms with Gasteiger partial charge < -0.3 is 4.74 Å². The Morgan fingerprint density at radius 1 is 1.04 bits per heavy atom. The van der Waals surface area contributed by atoms with E-state index in [2.05, 4.69) is 43.1 Å². The number of hydrogen-bond acceptors (Lipinski definition) is 3. The summed E-state index contributed by atoms with van der Waals surface area (Å²) in [7, 11) is 0. The van der Waals surface area contributed by atoms with E-state index in [4.69, 9.17) is 4.74 Å². The molecule has 0 aliphatic carbocycles. The fourth-order valence-corrected chi connectivity index (χ4v) is 2.64. The molecule has 1 unspecified atom stereocenters. The lowest BCUT2D eigenvalue weighted by molar-refractivity contribution is -0.156. The summed E-state index contributed by atoms with van der Waals surface area (Å²) in [6.45, 7) is 9.81. The van der Waals surface area contributed by atoms with Crippen LogP contribution >= 0.6 is 0 Å². The zero-order valence-electron chi connectivity index (χ0n) is 16.4. The summed E-state index contributed by atoms with van der Waals surface area (Å²) in [5.74, 6) is 0.0991. The summed E-state index contributed by atoms with van der Waals surface area (Å²) in [6, 6.07) is 17.9. The van der Waals surface area contributed by atoms with E-state index in [9.17, 15) is 4.79 Å². The Morgan fingerprint density at radius 3 is 2.31 bits per heavy atom. The number of ether oxygens (including phenoxy) is 1. The topological polar surface area (TPSA) is 38.7 Å². The molecule has 0 N–H and O–H groups in total. The van der Waals surface area contributed by atoms with Crippen LogP contribution in [0, 0.1) is 5.92 Å². The van der Waals surface area contributed by atoms with Crippen molar-refractivity contribution in [2.45, 2.75) is 52.7 Å². The van der Waals surface area contributed by atoms with Crippen LogP contribution < -0.4 is 0 Å². The van der Waals surface area contributed by atoms with Gasteiger partial charge >= 0.3 is 5.97 Å². The van der Waals surface area contributed by atoms with Gasteiger partial charge in [0.1, 0.15) is 11.6 Å². The van der Waals surface area contributed by atoms with Gasteiger partial charge in [0.2, 0.25) is 0 Å². The van der Waals surface area contributed by atoms with Crippen LogP contribution in [0.3, 0.4) is 0 Å². The standard InChI is InChI=1S/C23H29NO2/c1-17(2)14-21(22(25)26-23(3,4)5)24-16-18-10-9-13-20(15-18)19-11-7-6-8-12-19/h6-13,15-17,21H,14H2,1-5H3. The van der Waals surface area contributed by atoms with Gasteiger partial charge in [-0.3, -0.25) is 4.99 Å². The lowest BCUT2D eigenvalue weighted by Crippen LogP contribution is -2.31. The maximum atomic E-state index is 12.5. The minimum Gasteiger partial charge on any atom is -0.458 e. The first kappa shape index (κ1) is 19.9. The van der Waals surface area contributed by atoms with Crippen LogP contribution in [0.4, 0.5) is 0 Å². The molecule has 1 atom stereocenters. The van der Waals surface area contributed by atoms with E-state index in [0.717, 1.165) is 16.7 Å². The fraction of sp³-hybridized carbons (Fsp3) is 0.391. The zero-order valence-corrected chi connectivity index (χ0v) is 16.4. The van der Waals surface area contributed by atoms with Crippen molar-refractivity contribution in [1.82, 2.24) is 0 Å². The average Bonchev–Trinajstić information content (AvgIpc) is 2.58. The number of hydrogen-bond donors (Lipinski definition) is 0. The molecule has 0 amide bonds. The maximum absolute atomic E-state index is 12.5. The quantitative estimate of drug-likeness (QED) is 0.507. The van der Waals surface area contributed by atoms with Gasteiger partial charge in [-0.25, -0.2) is 4.79 Å². The molecule has 0 aliphatic heterocycles. The van der Waals surface area contributed by atoms with Crippen LogP contribution in [0.15, 0.2) is 59.6 Å². The Bertz CT molecular complexity index is 742. The summed E-state index contributed by atoms with van der Waals surface area (Å²) in [5.41, 5.74) is 2.76. The van der Waals surface area contributed by atoms with Gasteiger partial charge in [-0.05, 0) is 55.9 Å². The number of carbonyl (C=O) groups is 1. The molecule has 2 aromatic rings. The number of carbonyl (C=O) groups excluding carboxylic acids is 1. The maximum Gasteiger partial charge on any atom is 0.331 e. The molecule has 0 bridgehead atoms. The number of esters is 1. The Balaban J connectivity index is 2.19. The van der Waals surface area contributed by atoms with E-state index >= 15 is 0 Å². The van der Waals surface area contributed by atoms with Gasteiger partial charge in [0.15, 0.2) is 0 Å². The smallest absolute Gasteiger partial charge is 0.331 e. The average molecular weight is 351 g/mol. The second kappa shape index (κ2) is 8.79.